The van der Waals surface area contributed by atoms with E-state index in [9.17, 15) is 9.59 Å². The van der Waals surface area contributed by atoms with Gasteiger partial charge in [-0.3, -0.25) is 9.59 Å². The Morgan fingerprint density at radius 3 is 2.82 bits per heavy atom. The normalized spacial score (nSPS) is 14.0. The summed E-state index contributed by atoms with van der Waals surface area (Å²) < 4.78 is 10.7. The Bertz CT molecular complexity index is 1010. The Balaban J connectivity index is 1.40. The van der Waals surface area contributed by atoms with Crippen molar-refractivity contribution in [2.45, 2.75) is 6.42 Å². The quantitative estimate of drug-likeness (QED) is 0.712. The zero-order valence-electron chi connectivity index (χ0n) is 15.5. The van der Waals surface area contributed by atoms with Gasteiger partial charge in [0.2, 0.25) is 11.8 Å². The number of carbonyl (C=O) groups is 2. The Hall–Kier alpha value is -3.48. The van der Waals surface area contributed by atoms with Gasteiger partial charge in [-0.25, -0.2) is 0 Å². The van der Waals surface area contributed by atoms with Crippen LogP contribution in [-0.2, 0) is 16.0 Å². The molecule has 144 valence electrons. The molecule has 0 aliphatic carbocycles. The van der Waals surface area contributed by atoms with Crippen molar-refractivity contribution in [3.8, 4) is 5.75 Å². The number of fused-ring (bicyclic) bond motifs is 1. The first kappa shape index (κ1) is 17.9. The fraction of sp³-hybridized carbons (Fsp3) is 0.238. The minimum absolute atomic E-state index is 0.0218. The number of nitrogens with zero attached hydrogens (tertiary/aromatic N) is 1. The molecule has 0 bridgehead atoms. The lowest BCUT2D eigenvalue weighted by molar-refractivity contribution is -0.120. The van der Waals surface area contributed by atoms with Crippen molar-refractivity contribution in [2.24, 2.45) is 0 Å². The van der Waals surface area contributed by atoms with Gasteiger partial charge in [-0.05, 0) is 36.4 Å². The lowest BCUT2D eigenvalue weighted by Gasteiger charge is -2.28. The maximum absolute atomic E-state index is 12.4. The highest BCUT2D eigenvalue weighted by molar-refractivity contribution is 5.95. The van der Waals surface area contributed by atoms with Crippen LogP contribution < -0.4 is 20.3 Å². The van der Waals surface area contributed by atoms with Crippen LogP contribution in [0, 0.1) is 0 Å². The summed E-state index contributed by atoms with van der Waals surface area (Å²) in [6.45, 7) is 1.77. The van der Waals surface area contributed by atoms with E-state index in [1.54, 1.807) is 19.4 Å². The molecule has 2 heterocycles. The molecule has 1 fully saturated rings. The molecular formula is C21H21N3O4. The van der Waals surface area contributed by atoms with E-state index in [2.05, 4.69) is 10.6 Å². The van der Waals surface area contributed by atoms with Gasteiger partial charge in [-0.15, -0.1) is 0 Å². The number of nitrogens with one attached hydrogen (secondary N) is 2. The summed E-state index contributed by atoms with van der Waals surface area (Å²) in [4.78, 5) is 26.0. The second-order valence-corrected chi connectivity index (χ2v) is 6.67. The first-order valence-electron chi connectivity index (χ1n) is 9.08. The molecule has 1 aromatic heterocycles. The predicted octanol–water partition coefficient (Wildman–Crippen LogP) is 2.56. The number of ether oxygens (including phenoxy) is 1. The summed E-state index contributed by atoms with van der Waals surface area (Å²) in [5.74, 6) is 0.612. The second-order valence-electron chi connectivity index (χ2n) is 6.67. The number of hydrogen-bond donors (Lipinski definition) is 2. The first-order valence-corrected chi connectivity index (χ1v) is 9.08. The number of hydrogen-bond acceptors (Lipinski definition) is 5. The van der Waals surface area contributed by atoms with Crippen LogP contribution in [0.1, 0.15) is 5.56 Å². The summed E-state index contributed by atoms with van der Waals surface area (Å²) in [7, 11) is 1.60. The molecule has 0 radical (unpaired) electrons. The molecule has 3 aromatic rings. The van der Waals surface area contributed by atoms with Crippen molar-refractivity contribution >= 4 is 34.2 Å². The lowest BCUT2D eigenvalue weighted by atomic mass is 10.1. The summed E-state index contributed by atoms with van der Waals surface area (Å²) in [5.41, 5.74) is 3.19. The predicted molar refractivity (Wildman–Crippen MR) is 107 cm³/mol. The highest BCUT2D eigenvalue weighted by Crippen LogP contribution is 2.26. The van der Waals surface area contributed by atoms with Gasteiger partial charge in [0.25, 0.3) is 0 Å². The maximum Gasteiger partial charge on any atom is 0.239 e. The Morgan fingerprint density at radius 2 is 2.07 bits per heavy atom. The van der Waals surface area contributed by atoms with Crippen LogP contribution >= 0.6 is 0 Å². The smallest absolute Gasteiger partial charge is 0.239 e. The highest BCUT2D eigenvalue weighted by Gasteiger charge is 2.16. The largest absolute Gasteiger partial charge is 0.497 e. The molecule has 1 aliphatic rings. The summed E-state index contributed by atoms with van der Waals surface area (Å²) in [5, 5.41) is 6.61. The van der Waals surface area contributed by atoms with Gasteiger partial charge >= 0.3 is 0 Å². The van der Waals surface area contributed by atoms with Crippen molar-refractivity contribution in [3.63, 3.8) is 0 Å². The molecule has 2 aromatic carbocycles. The molecule has 0 spiro atoms. The molecule has 0 unspecified atom stereocenters. The molecule has 4 rings (SSSR count). The minimum Gasteiger partial charge on any atom is -0.497 e. The summed E-state index contributed by atoms with van der Waals surface area (Å²) in [6.07, 6.45) is 1.82. The molecule has 2 N–H and O–H groups in total. The van der Waals surface area contributed by atoms with Gasteiger partial charge in [0, 0.05) is 41.5 Å². The average Bonchev–Trinajstić information content (AvgIpc) is 3.10. The third-order valence-corrected chi connectivity index (χ3v) is 4.77. The molecule has 2 amide bonds. The minimum atomic E-state index is -0.122. The maximum atomic E-state index is 12.4. The van der Waals surface area contributed by atoms with E-state index >= 15 is 0 Å². The number of rotatable bonds is 5. The number of methoxy groups -OCH3 is 1. The van der Waals surface area contributed by atoms with Gasteiger partial charge in [0.15, 0.2) is 0 Å². The molecule has 7 nitrogen and oxygen atoms in total. The second kappa shape index (κ2) is 7.64. The molecule has 1 saturated heterocycles. The van der Waals surface area contributed by atoms with E-state index in [0.717, 1.165) is 23.2 Å². The first-order chi connectivity index (χ1) is 13.6. The fourth-order valence-electron chi connectivity index (χ4n) is 3.32. The van der Waals surface area contributed by atoms with Gasteiger partial charge < -0.3 is 24.7 Å². The van der Waals surface area contributed by atoms with Crippen molar-refractivity contribution in [3.05, 3.63) is 54.3 Å². The number of amides is 2. The monoisotopic (exact) mass is 379 g/mol. The highest BCUT2D eigenvalue weighted by atomic mass is 16.5. The molecular weight excluding hydrogens is 358 g/mol. The number of benzene rings is 2. The summed E-state index contributed by atoms with van der Waals surface area (Å²) >= 11 is 0. The SMILES string of the molecule is COc1ccc2c(CC(=O)Nc3ccc(N4CCNC(=O)C4)cc3)coc2c1. The lowest BCUT2D eigenvalue weighted by Crippen LogP contribution is -2.47. The fourth-order valence-corrected chi connectivity index (χ4v) is 3.32. The van der Waals surface area contributed by atoms with E-state index in [1.165, 1.54) is 0 Å². The number of carbonyl (C=O) groups excluding carboxylic acids is 2. The van der Waals surface area contributed by atoms with Crippen LogP contribution in [0.15, 0.2) is 53.1 Å². The van der Waals surface area contributed by atoms with E-state index in [-0.39, 0.29) is 18.2 Å². The van der Waals surface area contributed by atoms with Crippen LogP contribution in [-0.4, -0.2) is 38.6 Å². The zero-order chi connectivity index (χ0) is 19.5. The molecule has 0 atom stereocenters. The molecule has 0 saturated carbocycles. The Morgan fingerprint density at radius 1 is 1.25 bits per heavy atom. The van der Waals surface area contributed by atoms with Crippen LogP contribution in [0.5, 0.6) is 5.75 Å². The van der Waals surface area contributed by atoms with Crippen LogP contribution in [0.2, 0.25) is 0 Å². The topological polar surface area (TPSA) is 83.8 Å². The number of piperazine rings is 1. The van der Waals surface area contributed by atoms with Crippen LogP contribution in [0.3, 0.4) is 0 Å². The van der Waals surface area contributed by atoms with Crippen molar-refractivity contribution in [2.75, 3.05) is 37.0 Å². The zero-order valence-corrected chi connectivity index (χ0v) is 15.5. The van der Waals surface area contributed by atoms with E-state index in [1.807, 2.05) is 41.3 Å². The number of furan rings is 1. The molecule has 28 heavy (non-hydrogen) atoms. The Labute approximate surface area is 162 Å². The molecule has 7 heteroatoms. The van der Waals surface area contributed by atoms with Crippen LogP contribution in [0.4, 0.5) is 11.4 Å². The summed E-state index contributed by atoms with van der Waals surface area (Å²) in [6, 6.07) is 13.1. The van der Waals surface area contributed by atoms with Crippen molar-refractivity contribution < 1.29 is 18.7 Å². The van der Waals surface area contributed by atoms with Gasteiger partial charge in [-0.2, -0.15) is 0 Å². The van der Waals surface area contributed by atoms with Crippen molar-refractivity contribution in [1.29, 1.82) is 0 Å². The third-order valence-electron chi connectivity index (χ3n) is 4.77. The standard InChI is InChI=1S/C21H21N3O4/c1-27-17-6-7-18-14(13-28-19(18)11-17)10-20(25)23-15-2-4-16(5-3-15)24-9-8-22-21(26)12-24/h2-7,11,13H,8-10,12H2,1H3,(H,22,26)(H,23,25). The molecule has 1 aliphatic heterocycles. The van der Waals surface area contributed by atoms with E-state index in [4.69, 9.17) is 9.15 Å². The Kier molecular flexibility index (Phi) is 4.89. The van der Waals surface area contributed by atoms with E-state index < -0.39 is 0 Å². The van der Waals surface area contributed by atoms with E-state index in [0.29, 0.717) is 30.1 Å². The van der Waals surface area contributed by atoms with Gasteiger partial charge in [-0.1, -0.05) is 0 Å². The average molecular weight is 379 g/mol. The van der Waals surface area contributed by atoms with Gasteiger partial charge in [0.1, 0.15) is 11.3 Å². The van der Waals surface area contributed by atoms with Crippen molar-refractivity contribution in [1.82, 2.24) is 5.32 Å². The van der Waals surface area contributed by atoms with Crippen LogP contribution in [0.25, 0.3) is 11.0 Å². The van der Waals surface area contributed by atoms with Gasteiger partial charge in [0.05, 0.1) is 26.3 Å². The number of anilines is 2. The third kappa shape index (κ3) is 3.78.